The Morgan fingerprint density at radius 1 is 0.969 bits per heavy atom. The van der Waals surface area contributed by atoms with E-state index < -0.39 is 0 Å². The fourth-order valence-electron chi connectivity index (χ4n) is 4.09. The van der Waals surface area contributed by atoms with Crippen LogP contribution in [0.5, 0.6) is 5.75 Å². The number of aryl methyl sites for hydroxylation is 1. The molecule has 0 saturated carbocycles. The first kappa shape index (κ1) is 19.9. The van der Waals surface area contributed by atoms with Gasteiger partial charge in [0.25, 0.3) is 5.91 Å². The van der Waals surface area contributed by atoms with Crippen LogP contribution in [0.15, 0.2) is 79.0 Å². The minimum absolute atomic E-state index is 0.230. The van der Waals surface area contributed by atoms with Crippen LogP contribution in [0, 0.1) is 5.82 Å². The van der Waals surface area contributed by atoms with Crippen LogP contribution in [0.3, 0.4) is 0 Å². The van der Waals surface area contributed by atoms with Crippen molar-refractivity contribution in [1.82, 2.24) is 9.13 Å². The van der Waals surface area contributed by atoms with Gasteiger partial charge in [0.2, 0.25) is 0 Å². The van der Waals surface area contributed by atoms with Gasteiger partial charge in [0, 0.05) is 47.8 Å². The largest absolute Gasteiger partial charge is 0.497 e. The van der Waals surface area contributed by atoms with Crippen LogP contribution in [-0.2, 0) is 13.6 Å². The predicted molar refractivity (Wildman–Crippen MR) is 125 cm³/mol. The number of carbonyl (C=O) groups is 1. The van der Waals surface area contributed by atoms with Crippen molar-refractivity contribution in [2.75, 3.05) is 12.4 Å². The number of ether oxygens (including phenoxy) is 1. The third-order valence-corrected chi connectivity index (χ3v) is 5.72. The van der Waals surface area contributed by atoms with Gasteiger partial charge >= 0.3 is 0 Å². The molecule has 0 fully saturated rings. The van der Waals surface area contributed by atoms with Crippen molar-refractivity contribution < 1.29 is 13.9 Å². The molecule has 0 aliphatic heterocycles. The molecule has 0 unspecified atom stereocenters. The topological polar surface area (TPSA) is 48.2 Å². The summed E-state index contributed by atoms with van der Waals surface area (Å²) >= 11 is 0. The van der Waals surface area contributed by atoms with Gasteiger partial charge in [0.1, 0.15) is 17.3 Å². The Kier molecular flexibility index (Phi) is 4.90. The number of fused-ring (bicyclic) bond motifs is 2. The van der Waals surface area contributed by atoms with Crippen LogP contribution in [0.25, 0.3) is 21.8 Å². The first-order chi connectivity index (χ1) is 15.5. The van der Waals surface area contributed by atoms with E-state index in [1.807, 2.05) is 77.0 Å². The Morgan fingerprint density at radius 2 is 1.81 bits per heavy atom. The molecule has 2 heterocycles. The minimum Gasteiger partial charge on any atom is -0.497 e. The number of hydrogen-bond donors (Lipinski definition) is 1. The van der Waals surface area contributed by atoms with Crippen molar-refractivity contribution in [3.8, 4) is 5.75 Å². The average molecular weight is 427 g/mol. The maximum atomic E-state index is 13.8. The molecule has 5 rings (SSSR count). The molecule has 160 valence electrons. The van der Waals surface area contributed by atoms with E-state index in [4.69, 9.17) is 4.74 Å². The minimum atomic E-state index is -0.307. The van der Waals surface area contributed by atoms with Gasteiger partial charge in [-0.2, -0.15) is 0 Å². The van der Waals surface area contributed by atoms with Gasteiger partial charge in [-0.3, -0.25) is 4.79 Å². The van der Waals surface area contributed by atoms with Crippen LogP contribution in [0.2, 0.25) is 0 Å². The molecule has 0 bridgehead atoms. The number of nitrogens with zero attached hydrogens (tertiary/aromatic N) is 2. The second kappa shape index (κ2) is 7.89. The van der Waals surface area contributed by atoms with Crippen molar-refractivity contribution >= 4 is 33.4 Å². The summed E-state index contributed by atoms with van der Waals surface area (Å²) < 4.78 is 23.1. The molecular formula is C26H22FN3O2. The second-order valence-electron chi connectivity index (χ2n) is 7.82. The SMILES string of the molecule is COc1ccc2cc(C(=O)Nc3ccc4c(ccn4C)c3)n(Cc3cccc(F)c3)c2c1. The number of benzene rings is 3. The zero-order chi connectivity index (χ0) is 22.2. The van der Waals surface area contributed by atoms with Crippen molar-refractivity contribution in [2.45, 2.75) is 6.54 Å². The van der Waals surface area contributed by atoms with E-state index in [1.165, 1.54) is 12.1 Å². The van der Waals surface area contributed by atoms with E-state index in [-0.39, 0.29) is 11.7 Å². The Morgan fingerprint density at radius 3 is 2.62 bits per heavy atom. The zero-order valence-corrected chi connectivity index (χ0v) is 17.8. The van der Waals surface area contributed by atoms with Crippen LogP contribution in [0.1, 0.15) is 16.1 Å². The normalized spacial score (nSPS) is 11.2. The molecule has 6 heteroatoms. The molecule has 5 aromatic rings. The maximum absolute atomic E-state index is 13.8. The van der Waals surface area contributed by atoms with Crippen molar-refractivity contribution in [3.63, 3.8) is 0 Å². The Balaban J connectivity index is 1.55. The molecule has 0 saturated heterocycles. The maximum Gasteiger partial charge on any atom is 0.272 e. The molecule has 0 spiro atoms. The van der Waals surface area contributed by atoms with E-state index in [9.17, 15) is 9.18 Å². The molecule has 32 heavy (non-hydrogen) atoms. The quantitative estimate of drug-likeness (QED) is 0.398. The Bertz CT molecular complexity index is 1470. The average Bonchev–Trinajstić information content (AvgIpc) is 3.34. The van der Waals surface area contributed by atoms with Crippen LogP contribution in [-0.4, -0.2) is 22.2 Å². The summed E-state index contributed by atoms with van der Waals surface area (Å²) in [6.07, 6.45) is 1.99. The Hall–Kier alpha value is -4.06. The number of carbonyl (C=O) groups excluding carboxylic acids is 1. The summed E-state index contributed by atoms with van der Waals surface area (Å²) in [7, 11) is 3.59. The van der Waals surface area contributed by atoms with Gasteiger partial charge in [-0.1, -0.05) is 12.1 Å². The van der Waals surface area contributed by atoms with E-state index >= 15 is 0 Å². The lowest BCUT2D eigenvalue weighted by Crippen LogP contribution is -2.17. The number of nitrogens with one attached hydrogen (secondary N) is 1. The summed E-state index contributed by atoms with van der Waals surface area (Å²) in [4.78, 5) is 13.3. The standard InChI is InChI=1S/C26H22FN3O2/c1-29-11-10-19-13-21(7-9-23(19)29)28-26(31)25-14-18-6-8-22(32-2)15-24(18)30(25)16-17-4-3-5-20(27)12-17/h3-15H,16H2,1-2H3,(H,28,31). The molecule has 0 aliphatic rings. The second-order valence-corrected chi connectivity index (χ2v) is 7.82. The third kappa shape index (κ3) is 3.60. The van der Waals surface area contributed by atoms with E-state index in [0.717, 1.165) is 27.4 Å². The van der Waals surface area contributed by atoms with Gasteiger partial charge in [-0.05, 0) is 60.2 Å². The monoisotopic (exact) mass is 427 g/mol. The fourth-order valence-corrected chi connectivity index (χ4v) is 4.09. The van der Waals surface area contributed by atoms with Crippen LogP contribution in [0.4, 0.5) is 10.1 Å². The van der Waals surface area contributed by atoms with Gasteiger partial charge in [-0.15, -0.1) is 0 Å². The van der Waals surface area contributed by atoms with Crippen molar-refractivity contribution in [2.24, 2.45) is 7.05 Å². The van der Waals surface area contributed by atoms with E-state index in [0.29, 0.717) is 23.7 Å². The highest BCUT2D eigenvalue weighted by atomic mass is 19.1. The molecule has 3 aromatic carbocycles. The molecule has 0 aliphatic carbocycles. The smallest absolute Gasteiger partial charge is 0.272 e. The van der Waals surface area contributed by atoms with E-state index in [2.05, 4.69) is 5.32 Å². The Labute approximate surface area is 184 Å². The van der Waals surface area contributed by atoms with Gasteiger partial charge in [0.05, 0.1) is 12.6 Å². The van der Waals surface area contributed by atoms with E-state index in [1.54, 1.807) is 13.2 Å². The first-order valence-electron chi connectivity index (χ1n) is 10.3. The molecule has 0 radical (unpaired) electrons. The number of anilines is 1. The summed E-state index contributed by atoms with van der Waals surface area (Å²) in [6.45, 7) is 0.356. The number of amides is 1. The number of methoxy groups -OCH3 is 1. The highest BCUT2D eigenvalue weighted by Crippen LogP contribution is 2.27. The first-order valence-corrected chi connectivity index (χ1v) is 10.3. The molecule has 1 N–H and O–H groups in total. The third-order valence-electron chi connectivity index (χ3n) is 5.72. The summed E-state index contributed by atoms with van der Waals surface area (Å²) in [5.74, 6) is 0.156. The summed E-state index contributed by atoms with van der Waals surface area (Å²) in [5, 5.41) is 4.97. The lowest BCUT2D eigenvalue weighted by molar-refractivity contribution is 0.101. The number of rotatable bonds is 5. The number of halogens is 1. The summed E-state index contributed by atoms with van der Waals surface area (Å²) in [6, 6.07) is 21.8. The van der Waals surface area contributed by atoms with Crippen molar-refractivity contribution in [3.05, 3.63) is 96.1 Å². The van der Waals surface area contributed by atoms with Gasteiger partial charge in [-0.25, -0.2) is 4.39 Å². The number of aromatic nitrogens is 2. The highest BCUT2D eigenvalue weighted by molar-refractivity contribution is 6.07. The van der Waals surface area contributed by atoms with Crippen LogP contribution < -0.4 is 10.1 Å². The lowest BCUT2D eigenvalue weighted by atomic mass is 10.2. The molecule has 2 aromatic heterocycles. The zero-order valence-electron chi connectivity index (χ0n) is 17.8. The van der Waals surface area contributed by atoms with Gasteiger partial charge in [0.15, 0.2) is 0 Å². The highest BCUT2D eigenvalue weighted by Gasteiger charge is 2.17. The lowest BCUT2D eigenvalue weighted by Gasteiger charge is -2.12. The fraction of sp³-hybridized carbons (Fsp3) is 0.115. The number of hydrogen-bond acceptors (Lipinski definition) is 2. The molecule has 1 amide bonds. The van der Waals surface area contributed by atoms with Gasteiger partial charge < -0.3 is 19.2 Å². The van der Waals surface area contributed by atoms with Crippen molar-refractivity contribution in [1.29, 1.82) is 0 Å². The molecular weight excluding hydrogens is 405 g/mol. The molecule has 5 nitrogen and oxygen atoms in total. The molecule has 0 atom stereocenters. The summed E-state index contributed by atoms with van der Waals surface area (Å²) in [5.41, 5.74) is 3.91. The predicted octanol–water partition coefficient (Wildman–Crippen LogP) is 5.58. The van der Waals surface area contributed by atoms with Crippen LogP contribution >= 0.6 is 0 Å².